The standard InChI is InChI=1S/C15H20Cl2N2O2S.ClH/c16-13-2-1-3-14(17)15(13)22(20,21)19-8-6-12(7-9-19)18-10-11-4-5-11;/h1-3,11-12,18H,4-10H2;1H. The molecule has 23 heavy (non-hydrogen) atoms. The van der Waals surface area contributed by atoms with E-state index in [-0.39, 0.29) is 27.3 Å². The Hall–Kier alpha value is -0.0400. The zero-order valence-electron chi connectivity index (χ0n) is 12.7. The Morgan fingerprint density at radius 2 is 1.65 bits per heavy atom. The van der Waals surface area contributed by atoms with Crippen LogP contribution in [0.4, 0.5) is 0 Å². The van der Waals surface area contributed by atoms with E-state index in [1.54, 1.807) is 18.2 Å². The minimum Gasteiger partial charge on any atom is -0.314 e. The summed E-state index contributed by atoms with van der Waals surface area (Å²) in [6.07, 6.45) is 4.30. The van der Waals surface area contributed by atoms with Crippen molar-refractivity contribution >= 4 is 45.6 Å². The van der Waals surface area contributed by atoms with Gasteiger partial charge in [-0.2, -0.15) is 4.31 Å². The van der Waals surface area contributed by atoms with Crippen LogP contribution in [-0.4, -0.2) is 38.4 Å². The van der Waals surface area contributed by atoms with Crippen LogP contribution in [-0.2, 0) is 10.0 Å². The molecule has 1 aromatic carbocycles. The number of sulfonamides is 1. The second-order valence-electron chi connectivity index (χ2n) is 6.08. The van der Waals surface area contributed by atoms with Crippen molar-refractivity contribution in [3.05, 3.63) is 28.2 Å². The zero-order chi connectivity index (χ0) is 15.7. The van der Waals surface area contributed by atoms with E-state index in [1.807, 2.05) is 0 Å². The summed E-state index contributed by atoms with van der Waals surface area (Å²) in [6, 6.07) is 5.18. The van der Waals surface area contributed by atoms with Gasteiger partial charge in [-0.25, -0.2) is 8.42 Å². The van der Waals surface area contributed by atoms with Gasteiger partial charge in [-0.05, 0) is 50.3 Å². The van der Waals surface area contributed by atoms with Gasteiger partial charge in [0.05, 0.1) is 10.0 Å². The van der Waals surface area contributed by atoms with E-state index in [0.29, 0.717) is 19.1 Å². The molecule has 1 saturated heterocycles. The van der Waals surface area contributed by atoms with Gasteiger partial charge in [0.1, 0.15) is 4.90 Å². The molecule has 0 atom stereocenters. The first-order chi connectivity index (χ1) is 10.5. The predicted molar refractivity (Wildman–Crippen MR) is 96.2 cm³/mol. The molecule has 1 N–H and O–H groups in total. The molecule has 0 aromatic heterocycles. The van der Waals surface area contributed by atoms with Gasteiger partial charge < -0.3 is 5.32 Å². The van der Waals surface area contributed by atoms with Gasteiger partial charge in [-0.15, -0.1) is 12.4 Å². The predicted octanol–water partition coefficient (Wildman–Crippen LogP) is 3.57. The molecule has 8 heteroatoms. The lowest BCUT2D eigenvalue weighted by atomic mass is 10.1. The van der Waals surface area contributed by atoms with Crippen LogP contribution in [0.25, 0.3) is 0 Å². The summed E-state index contributed by atoms with van der Waals surface area (Å²) >= 11 is 12.1. The molecule has 0 bridgehead atoms. The minimum absolute atomic E-state index is 0. The Labute approximate surface area is 154 Å². The van der Waals surface area contributed by atoms with Crippen molar-refractivity contribution in [1.82, 2.24) is 9.62 Å². The fourth-order valence-electron chi connectivity index (χ4n) is 2.81. The van der Waals surface area contributed by atoms with Crippen LogP contribution in [0.15, 0.2) is 23.1 Å². The van der Waals surface area contributed by atoms with Crippen molar-refractivity contribution in [3.63, 3.8) is 0 Å². The maximum atomic E-state index is 12.7. The molecule has 1 aromatic rings. The van der Waals surface area contributed by atoms with E-state index in [1.165, 1.54) is 17.1 Å². The average Bonchev–Trinajstić information content (AvgIpc) is 3.29. The molecule has 3 rings (SSSR count). The van der Waals surface area contributed by atoms with Gasteiger partial charge in [-0.3, -0.25) is 0 Å². The first-order valence-electron chi connectivity index (χ1n) is 7.66. The molecule has 1 aliphatic heterocycles. The number of rotatable bonds is 5. The first kappa shape index (κ1) is 19.3. The molecule has 0 unspecified atom stereocenters. The highest BCUT2D eigenvalue weighted by Gasteiger charge is 2.32. The summed E-state index contributed by atoms with van der Waals surface area (Å²) in [5.74, 6) is 0.837. The molecule has 0 amide bonds. The Bertz CT molecular complexity index is 622. The van der Waals surface area contributed by atoms with Gasteiger partial charge >= 0.3 is 0 Å². The first-order valence-corrected chi connectivity index (χ1v) is 9.85. The van der Waals surface area contributed by atoms with Crippen molar-refractivity contribution < 1.29 is 8.42 Å². The number of halogens is 3. The van der Waals surface area contributed by atoms with Crippen molar-refractivity contribution in [2.75, 3.05) is 19.6 Å². The Morgan fingerprint density at radius 3 is 2.17 bits per heavy atom. The summed E-state index contributed by atoms with van der Waals surface area (Å²) in [7, 11) is -3.62. The highest BCUT2D eigenvalue weighted by Crippen LogP contribution is 2.33. The smallest absolute Gasteiger partial charge is 0.246 e. The van der Waals surface area contributed by atoms with E-state index in [2.05, 4.69) is 5.32 Å². The van der Waals surface area contributed by atoms with E-state index in [4.69, 9.17) is 23.2 Å². The van der Waals surface area contributed by atoms with Crippen LogP contribution in [0.1, 0.15) is 25.7 Å². The lowest BCUT2D eigenvalue weighted by molar-refractivity contribution is 0.288. The summed E-state index contributed by atoms with van der Waals surface area (Å²) in [6.45, 7) is 2.08. The molecule has 2 aliphatic rings. The average molecular weight is 400 g/mol. The Kier molecular flexibility index (Phi) is 6.62. The van der Waals surface area contributed by atoms with Crippen LogP contribution in [0.5, 0.6) is 0 Å². The summed E-state index contributed by atoms with van der Waals surface area (Å²) in [5, 5.41) is 3.91. The van der Waals surface area contributed by atoms with Crippen LogP contribution < -0.4 is 5.32 Å². The Morgan fingerprint density at radius 1 is 1.09 bits per heavy atom. The molecule has 1 saturated carbocycles. The molecule has 0 radical (unpaired) electrons. The highest BCUT2D eigenvalue weighted by molar-refractivity contribution is 7.89. The molecule has 4 nitrogen and oxygen atoms in total. The van der Waals surface area contributed by atoms with Crippen molar-refractivity contribution in [3.8, 4) is 0 Å². The molecule has 1 aliphatic carbocycles. The van der Waals surface area contributed by atoms with Crippen molar-refractivity contribution in [2.24, 2.45) is 5.92 Å². The van der Waals surface area contributed by atoms with Crippen molar-refractivity contribution in [1.29, 1.82) is 0 Å². The minimum atomic E-state index is -3.62. The lowest BCUT2D eigenvalue weighted by Crippen LogP contribution is -2.45. The quantitative estimate of drug-likeness (QED) is 0.823. The second kappa shape index (κ2) is 7.89. The topological polar surface area (TPSA) is 49.4 Å². The third kappa shape index (κ3) is 4.53. The van der Waals surface area contributed by atoms with Gasteiger partial charge in [-0.1, -0.05) is 29.3 Å². The molecule has 1 heterocycles. The van der Waals surface area contributed by atoms with Gasteiger partial charge in [0.25, 0.3) is 0 Å². The zero-order valence-corrected chi connectivity index (χ0v) is 15.8. The number of piperidine rings is 1. The Balaban J connectivity index is 0.00000192. The van der Waals surface area contributed by atoms with Crippen LogP contribution in [0, 0.1) is 5.92 Å². The van der Waals surface area contributed by atoms with E-state index in [9.17, 15) is 8.42 Å². The monoisotopic (exact) mass is 398 g/mol. The lowest BCUT2D eigenvalue weighted by Gasteiger charge is -2.32. The van der Waals surface area contributed by atoms with Gasteiger partial charge in [0, 0.05) is 19.1 Å². The van der Waals surface area contributed by atoms with Gasteiger partial charge in [0.2, 0.25) is 10.0 Å². The second-order valence-corrected chi connectivity index (χ2v) is 8.77. The molecular formula is C15H21Cl3N2O2S. The fraction of sp³-hybridized carbons (Fsp3) is 0.600. The fourth-order valence-corrected chi connectivity index (χ4v) is 5.37. The summed E-state index contributed by atoms with van der Waals surface area (Å²) in [5.41, 5.74) is 0. The van der Waals surface area contributed by atoms with Gasteiger partial charge in [0.15, 0.2) is 0 Å². The van der Waals surface area contributed by atoms with E-state index >= 15 is 0 Å². The highest BCUT2D eigenvalue weighted by atomic mass is 35.5. The van der Waals surface area contributed by atoms with Crippen LogP contribution in [0.3, 0.4) is 0 Å². The van der Waals surface area contributed by atoms with Crippen LogP contribution >= 0.6 is 35.6 Å². The van der Waals surface area contributed by atoms with E-state index < -0.39 is 10.0 Å². The number of hydrogen-bond acceptors (Lipinski definition) is 3. The third-order valence-electron chi connectivity index (χ3n) is 4.36. The molecule has 0 spiro atoms. The molecule has 2 fully saturated rings. The largest absolute Gasteiger partial charge is 0.314 e. The van der Waals surface area contributed by atoms with E-state index in [0.717, 1.165) is 25.3 Å². The summed E-state index contributed by atoms with van der Waals surface area (Å²) < 4.78 is 27.0. The van der Waals surface area contributed by atoms with Crippen LogP contribution in [0.2, 0.25) is 10.0 Å². The summed E-state index contributed by atoms with van der Waals surface area (Å²) in [4.78, 5) is 0.0303. The molecular weight excluding hydrogens is 379 g/mol. The maximum absolute atomic E-state index is 12.7. The number of hydrogen-bond donors (Lipinski definition) is 1. The SMILES string of the molecule is Cl.O=S(=O)(c1c(Cl)cccc1Cl)N1CCC(NCC2CC2)CC1. The molecule has 130 valence electrons. The third-order valence-corrected chi connectivity index (χ3v) is 7.22. The van der Waals surface area contributed by atoms with Crippen molar-refractivity contribution in [2.45, 2.75) is 36.6 Å². The maximum Gasteiger partial charge on any atom is 0.246 e. The normalized spacial score (nSPS) is 20.3. The number of nitrogens with zero attached hydrogens (tertiary/aromatic N) is 1. The number of nitrogens with one attached hydrogen (secondary N) is 1. The number of benzene rings is 1.